The Morgan fingerprint density at radius 1 is 1.20 bits per heavy atom. The van der Waals surface area contributed by atoms with Crippen molar-refractivity contribution in [3.8, 4) is 5.88 Å². The smallest absolute Gasteiger partial charge is 0.313 e. The fourth-order valence-electron chi connectivity index (χ4n) is 3.88. The molecule has 1 aromatic heterocycles. The van der Waals surface area contributed by atoms with Crippen LogP contribution in [0.1, 0.15) is 32.1 Å². The highest BCUT2D eigenvalue weighted by atomic mass is 16.5. The van der Waals surface area contributed by atoms with Gasteiger partial charge in [0.15, 0.2) is 0 Å². The number of carbonyl (C=O) groups is 2. The first-order chi connectivity index (χ1) is 12.2. The van der Waals surface area contributed by atoms with Crippen molar-refractivity contribution < 1.29 is 14.3 Å². The van der Waals surface area contributed by atoms with Crippen LogP contribution >= 0.6 is 0 Å². The number of anilines is 1. The van der Waals surface area contributed by atoms with Crippen molar-refractivity contribution in [2.45, 2.75) is 38.1 Å². The second-order valence-corrected chi connectivity index (χ2v) is 6.75. The molecule has 2 N–H and O–H groups in total. The molecule has 2 fully saturated rings. The first-order valence-corrected chi connectivity index (χ1v) is 9.00. The van der Waals surface area contributed by atoms with Gasteiger partial charge in [0.25, 0.3) is 0 Å². The molecule has 2 saturated heterocycles. The summed E-state index contributed by atoms with van der Waals surface area (Å²) in [6.07, 6.45) is 7.48. The predicted molar refractivity (Wildman–Crippen MR) is 94.4 cm³/mol. The highest BCUT2D eigenvalue weighted by Gasteiger charge is 2.33. The number of nitrogens with zero attached hydrogens (tertiary/aromatic N) is 2. The molecule has 2 aliphatic rings. The van der Waals surface area contributed by atoms with Crippen LogP contribution in [0.15, 0.2) is 18.3 Å². The minimum atomic E-state index is -0.664. The highest BCUT2D eigenvalue weighted by molar-refractivity contribution is 6.39. The summed E-state index contributed by atoms with van der Waals surface area (Å²) in [5.74, 6) is -0.364. The van der Waals surface area contributed by atoms with E-state index < -0.39 is 11.8 Å². The number of pyridine rings is 1. The Labute approximate surface area is 148 Å². The summed E-state index contributed by atoms with van der Waals surface area (Å²) in [4.78, 5) is 30.7. The fraction of sp³-hybridized carbons (Fsp3) is 0.611. The number of hydrogen-bond donors (Lipinski definition) is 2. The van der Waals surface area contributed by atoms with E-state index >= 15 is 0 Å². The maximum atomic E-state index is 12.1. The van der Waals surface area contributed by atoms with Crippen molar-refractivity contribution >= 4 is 17.5 Å². The molecule has 0 bridgehead atoms. The van der Waals surface area contributed by atoms with Gasteiger partial charge in [-0.25, -0.2) is 4.98 Å². The molecule has 136 valence electrons. The average molecular weight is 346 g/mol. The van der Waals surface area contributed by atoms with Gasteiger partial charge in [0, 0.05) is 18.7 Å². The maximum Gasteiger partial charge on any atom is 0.313 e. The quantitative estimate of drug-likeness (QED) is 0.806. The van der Waals surface area contributed by atoms with Crippen molar-refractivity contribution in [2.24, 2.45) is 5.92 Å². The third kappa shape index (κ3) is 4.48. The Hall–Kier alpha value is -2.15. The van der Waals surface area contributed by atoms with Crippen molar-refractivity contribution in [3.05, 3.63) is 18.3 Å². The SMILES string of the molecule is COc1ccc(NC(=O)C(=O)NC[C@H]2CCCN3CCCC[C@@H]23)cn1. The topological polar surface area (TPSA) is 83.6 Å². The Balaban J connectivity index is 1.48. The van der Waals surface area contributed by atoms with E-state index in [1.54, 1.807) is 12.1 Å². The molecule has 7 heteroatoms. The molecule has 0 aliphatic carbocycles. The molecular formula is C18H26N4O3. The second-order valence-electron chi connectivity index (χ2n) is 6.75. The predicted octanol–water partition coefficient (Wildman–Crippen LogP) is 1.41. The van der Waals surface area contributed by atoms with Gasteiger partial charge in [-0.2, -0.15) is 0 Å². The number of piperidine rings is 2. The van der Waals surface area contributed by atoms with Crippen molar-refractivity contribution in [1.29, 1.82) is 0 Å². The molecule has 2 atom stereocenters. The number of carbonyl (C=O) groups excluding carboxylic acids is 2. The zero-order chi connectivity index (χ0) is 17.6. The molecule has 2 aliphatic heterocycles. The summed E-state index contributed by atoms with van der Waals surface area (Å²) in [5.41, 5.74) is 0.470. The lowest BCUT2D eigenvalue weighted by atomic mass is 9.83. The molecular weight excluding hydrogens is 320 g/mol. The van der Waals surface area contributed by atoms with Gasteiger partial charge in [0.1, 0.15) is 0 Å². The number of aromatic nitrogens is 1. The monoisotopic (exact) mass is 346 g/mol. The van der Waals surface area contributed by atoms with Crippen LogP contribution in [0.3, 0.4) is 0 Å². The number of methoxy groups -OCH3 is 1. The van der Waals surface area contributed by atoms with Crippen LogP contribution in [0.4, 0.5) is 5.69 Å². The molecule has 0 saturated carbocycles. The average Bonchev–Trinajstić information content (AvgIpc) is 2.66. The van der Waals surface area contributed by atoms with Crippen LogP contribution in [0.5, 0.6) is 5.88 Å². The number of ether oxygens (including phenoxy) is 1. The van der Waals surface area contributed by atoms with Gasteiger partial charge in [-0.1, -0.05) is 6.42 Å². The Morgan fingerprint density at radius 3 is 2.80 bits per heavy atom. The number of hydrogen-bond acceptors (Lipinski definition) is 5. The Bertz CT molecular complexity index is 603. The van der Waals surface area contributed by atoms with Gasteiger partial charge in [-0.15, -0.1) is 0 Å². The van der Waals surface area contributed by atoms with Crippen molar-refractivity contribution in [1.82, 2.24) is 15.2 Å². The lowest BCUT2D eigenvalue weighted by Gasteiger charge is -2.44. The van der Waals surface area contributed by atoms with Gasteiger partial charge in [-0.05, 0) is 50.8 Å². The van der Waals surface area contributed by atoms with E-state index in [4.69, 9.17) is 4.74 Å². The molecule has 0 spiro atoms. The van der Waals surface area contributed by atoms with E-state index in [1.165, 1.54) is 52.1 Å². The minimum Gasteiger partial charge on any atom is -0.481 e. The number of amides is 2. The first kappa shape index (κ1) is 17.7. The van der Waals surface area contributed by atoms with Crippen LogP contribution in [0.2, 0.25) is 0 Å². The zero-order valence-corrected chi connectivity index (χ0v) is 14.7. The van der Waals surface area contributed by atoms with E-state index in [0.717, 1.165) is 6.42 Å². The lowest BCUT2D eigenvalue weighted by Crippen LogP contribution is -2.51. The summed E-state index contributed by atoms with van der Waals surface area (Å²) in [6, 6.07) is 3.84. The molecule has 25 heavy (non-hydrogen) atoms. The maximum absolute atomic E-state index is 12.1. The summed E-state index contributed by atoms with van der Waals surface area (Å²) in [6.45, 7) is 2.90. The minimum absolute atomic E-state index is 0.438. The molecule has 0 radical (unpaired) electrons. The summed E-state index contributed by atoms with van der Waals surface area (Å²) in [7, 11) is 1.52. The third-order valence-corrected chi connectivity index (χ3v) is 5.16. The molecule has 3 heterocycles. The Morgan fingerprint density at radius 2 is 2.04 bits per heavy atom. The van der Waals surface area contributed by atoms with Gasteiger partial charge < -0.3 is 20.3 Å². The van der Waals surface area contributed by atoms with Crippen LogP contribution in [-0.4, -0.2) is 54.5 Å². The molecule has 2 amide bonds. The van der Waals surface area contributed by atoms with E-state index in [2.05, 4.69) is 20.5 Å². The summed E-state index contributed by atoms with van der Waals surface area (Å²) < 4.78 is 4.96. The summed E-state index contributed by atoms with van der Waals surface area (Å²) in [5, 5.41) is 5.36. The zero-order valence-electron chi connectivity index (χ0n) is 14.7. The lowest BCUT2D eigenvalue weighted by molar-refractivity contribution is -0.136. The van der Waals surface area contributed by atoms with Crippen molar-refractivity contribution in [2.75, 3.05) is 32.1 Å². The molecule has 0 unspecified atom stereocenters. The largest absolute Gasteiger partial charge is 0.481 e. The third-order valence-electron chi connectivity index (χ3n) is 5.16. The van der Waals surface area contributed by atoms with E-state index in [1.807, 2.05) is 0 Å². The summed E-state index contributed by atoms with van der Waals surface area (Å²) >= 11 is 0. The van der Waals surface area contributed by atoms with E-state index in [9.17, 15) is 9.59 Å². The molecule has 7 nitrogen and oxygen atoms in total. The normalized spacial score (nSPS) is 23.4. The molecule has 3 rings (SSSR count). The van der Waals surface area contributed by atoms with Gasteiger partial charge >= 0.3 is 11.8 Å². The number of fused-ring (bicyclic) bond motifs is 1. The fourth-order valence-corrected chi connectivity index (χ4v) is 3.88. The van der Waals surface area contributed by atoms with Crippen LogP contribution in [0.25, 0.3) is 0 Å². The first-order valence-electron chi connectivity index (χ1n) is 9.00. The standard InChI is InChI=1S/C18H26N4O3/c1-25-16-8-7-14(12-19-16)21-18(24)17(23)20-11-13-5-4-10-22-9-3-2-6-15(13)22/h7-8,12-13,15H,2-6,9-11H2,1H3,(H,20,23)(H,21,24)/t13-,15+/m1/s1. The Kier molecular flexibility index (Phi) is 5.86. The van der Waals surface area contributed by atoms with Crippen LogP contribution < -0.4 is 15.4 Å². The van der Waals surface area contributed by atoms with Gasteiger partial charge in [0.2, 0.25) is 5.88 Å². The van der Waals surface area contributed by atoms with Crippen LogP contribution in [0, 0.1) is 5.92 Å². The van der Waals surface area contributed by atoms with Gasteiger partial charge in [-0.3, -0.25) is 9.59 Å². The van der Waals surface area contributed by atoms with E-state index in [0.29, 0.717) is 30.1 Å². The number of rotatable bonds is 4. The molecule has 1 aromatic rings. The van der Waals surface area contributed by atoms with Crippen molar-refractivity contribution in [3.63, 3.8) is 0 Å². The van der Waals surface area contributed by atoms with Crippen LogP contribution in [-0.2, 0) is 9.59 Å². The van der Waals surface area contributed by atoms with E-state index in [-0.39, 0.29) is 0 Å². The number of nitrogens with one attached hydrogen (secondary N) is 2. The van der Waals surface area contributed by atoms with Gasteiger partial charge in [0.05, 0.1) is 19.0 Å². The highest BCUT2D eigenvalue weighted by Crippen LogP contribution is 2.30. The second kappa shape index (κ2) is 8.29. The molecule has 0 aromatic carbocycles.